The normalized spacial score (nSPS) is 17.7. The zero-order valence-electron chi connectivity index (χ0n) is 17.9. The van der Waals surface area contributed by atoms with Crippen molar-refractivity contribution >= 4 is 11.6 Å². The Morgan fingerprint density at radius 3 is 1.94 bits per heavy atom. The summed E-state index contributed by atoms with van der Waals surface area (Å²) in [5.41, 5.74) is 1.01. The smallest absolute Gasteiger partial charge is 0.416 e. The highest BCUT2D eigenvalue weighted by Gasteiger charge is 2.31. The molecule has 1 amide bonds. The zero-order valence-corrected chi connectivity index (χ0v) is 17.9. The summed E-state index contributed by atoms with van der Waals surface area (Å²) in [6.45, 7) is 4.99. The van der Waals surface area contributed by atoms with Gasteiger partial charge in [0.25, 0.3) is 5.91 Å². The van der Waals surface area contributed by atoms with E-state index in [0.29, 0.717) is 18.8 Å². The number of benzene rings is 2. The molecule has 32 heavy (non-hydrogen) atoms. The SMILES string of the molecule is O=C(Nc1cc(CN2CCCC2)c(O)c(CN2CCCC2)c1)c1cccc(C(F)(F)F)c1. The van der Waals surface area contributed by atoms with E-state index >= 15 is 0 Å². The predicted molar refractivity (Wildman–Crippen MR) is 117 cm³/mol. The van der Waals surface area contributed by atoms with E-state index in [4.69, 9.17) is 0 Å². The summed E-state index contributed by atoms with van der Waals surface area (Å²) in [7, 11) is 0. The van der Waals surface area contributed by atoms with Crippen LogP contribution in [0.2, 0.25) is 0 Å². The second-order valence-electron chi connectivity index (χ2n) is 8.64. The van der Waals surface area contributed by atoms with Gasteiger partial charge in [0.05, 0.1) is 5.56 Å². The Morgan fingerprint density at radius 2 is 1.44 bits per heavy atom. The third-order valence-electron chi connectivity index (χ3n) is 6.16. The fraction of sp³-hybridized carbons (Fsp3) is 0.458. The quantitative estimate of drug-likeness (QED) is 0.622. The number of aromatic hydroxyl groups is 1. The number of rotatable bonds is 6. The van der Waals surface area contributed by atoms with E-state index in [1.807, 2.05) is 0 Å². The Balaban J connectivity index is 1.59. The number of phenolic OH excluding ortho intramolecular Hbond substituents is 1. The number of nitrogens with zero attached hydrogens (tertiary/aromatic N) is 2. The molecule has 2 fully saturated rings. The summed E-state index contributed by atoms with van der Waals surface area (Å²) < 4.78 is 39.1. The average Bonchev–Trinajstić information content (AvgIpc) is 3.45. The van der Waals surface area contributed by atoms with Crippen LogP contribution in [0.5, 0.6) is 5.75 Å². The summed E-state index contributed by atoms with van der Waals surface area (Å²) in [5, 5.41) is 13.7. The number of hydrogen-bond acceptors (Lipinski definition) is 4. The van der Waals surface area contributed by atoms with Crippen molar-refractivity contribution in [3.8, 4) is 5.75 Å². The number of nitrogens with one attached hydrogen (secondary N) is 1. The molecular weight excluding hydrogens is 419 g/mol. The Kier molecular flexibility index (Phi) is 6.71. The van der Waals surface area contributed by atoms with Crippen LogP contribution in [0.15, 0.2) is 36.4 Å². The van der Waals surface area contributed by atoms with E-state index < -0.39 is 17.6 Å². The highest BCUT2D eigenvalue weighted by atomic mass is 19.4. The minimum absolute atomic E-state index is 0.0601. The minimum atomic E-state index is -4.51. The summed E-state index contributed by atoms with van der Waals surface area (Å²) in [6, 6.07) is 7.85. The average molecular weight is 448 g/mol. The number of halogens is 3. The van der Waals surface area contributed by atoms with Crippen molar-refractivity contribution in [2.24, 2.45) is 0 Å². The first-order chi connectivity index (χ1) is 15.3. The molecule has 0 unspecified atom stereocenters. The van der Waals surface area contributed by atoms with Gasteiger partial charge in [-0.15, -0.1) is 0 Å². The van der Waals surface area contributed by atoms with Crippen LogP contribution in [0.1, 0.15) is 52.7 Å². The van der Waals surface area contributed by atoms with E-state index in [0.717, 1.165) is 75.1 Å². The molecule has 0 spiro atoms. The number of phenols is 1. The summed E-state index contributed by atoms with van der Waals surface area (Å²) in [4.78, 5) is 17.2. The number of likely N-dealkylation sites (tertiary alicyclic amines) is 2. The van der Waals surface area contributed by atoms with Gasteiger partial charge in [-0.05, 0) is 82.2 Å². The van der Waals surface area contributed by atoms with Gasteiger partial charge >= 0.3 is 6.18 Å². The van der Waals surface area contributed by atoms with Crippen LogP contribution in [0.3, 0.4) is 0 Å². The molecule has 2 aliphatic heterocycles. The Hall–Kier alpha value is -2.58. The summed E-state index contributed by atoms with van der Waals surface area (Å²) in [6.07, 6.45) is -0.0396. The summed E-state index contributed by atoms with van der Waals surface area (Å²) >= 11 is 0. The van der Waals surface area contributed by atoms with Crippen LogP contribution in [-0.2, 0) is 19.3 Å². The van der Waals surface area contributed by atoms with E-state index in [2.05, 4.69) is 15.1 Å². The van der Waals surface area contributed by atoms with Crippen molar-refractivity contribution in [3.63, 3.8) is 0 Å². The Labute approximate surface area is 185 Å². The maximum absolute atomic E-state index is 13.0. The molecule has 0 aliphatic carbocycles. The van der Waals surface area contributed by atoms with Gasteiger partial charge in [0.2, 0.25) is 0 Å². The van der Waals surface area contributed by atoms with Gasteiger partial charge in [0.15, 0.2) is 0 Å². The molecule has 2 aromatic rings. The first kappa shape index (κ1) is 22.6. The Morgan fingerprint density at radius 1 is 0.906 bits per heavy atom. The Bertz CT molecular complexity index is 926. The molecule has 2 heterocycles. The molecule has 0 radical (unpaired) electrons. The molecule has 0 atom stereocenters. The van der Waals surface area contributed by atoms with Crippen LogP contribution in [0, 0.1) is 0 Å². The summed E-state index contributed by atoms with van der Waals surface area (Å²) in [5.74, 6) is -0.373. The zero-order chi connectivity index (χ0) is 22.7. The number of alkyl halides is 3. The number of anilines is 1. The predicted octanol–water partition coefficient (Wildman–Crippen LogP) is 4.85. The number of amides is 1. The minimum Gasteiger partial charge on any atom is -0.507 e. The molecule has 0 bridgehead atoms. The largest absolute Gasteiger partial charge is 0.507 e. The molecule has 2 saturated heterocycles. The third-order valence-corrected chi connectivity index (χ3v) is 6.16. The van der Waals surface area contributed by atoms with Crippen LogP contribution in [0.25, 0.3) is 0 Å². The molecule has 2 aromatic carbocycles. The molecular formula is C24H28F3N3O2. The number of hydrogen-bond donors (Lipinski definition) is 2. The molecule has 2 aliphatic rings. The molecule has 8 heteroatoms. The topological polar surface area (TPSA) is 55.8 Å². The van der Waals surface area contributed by atoms with E-state index in [-0.39, 0.29) is 11.3 Å². The van der Waals surface area contributed by atoms with Gasteiger partial charge in [0, 0.05) is 35.5 Å². The highest BCUT2D eigenvalue weighted by Crippen LogP contribution is 2.32. The lowest BCUT2D eigenvalue weighted by molar-refractivity contribution is -0.137. The molecule has 0 saturated carbocycles. The van der Waals surface area contributed by atoms with E-state index in [1.54, 1.807) is 12.1 Å². The molecule has 2 N–H and O–H groups in total. The maximum atomic E-state index is 13.0. The molecule has 0 aromatic heterocycles. The van der Waals surface area contributed by atoms with E-state index in [1.165, 1.54) is 12.1 Å². The van der Waals surface area contributed by atoms with Crippen molar-refractivity contribution in [1.82, 2.24) is 9.80 Å². The van der Waals surface area contributed by atoms with Crippen molar-refractivity contribution < 1.29 is 23.1 Å². The first-order valence-corrected chi connectivity index (χ1v) is 11.1. The van der Waals surface area contributed by atoms with Crippen LogP contribution in [0.4, 0.5) is 18.9 Å². The number of carbonyl (C=O) groups is 1. The monoisotopic (exact) mass is 447 g/mol. The number of carbonyl (C=O) groups excluding carboxylic acids is 1. The van der Waals surface area contributed by atoms with Gasteiger partial charge in [0.1, 0.15) is 5.75 Å². The van der Waals surface area contributed by atoms with Gasteiger partial charge in [-0.2, -0.15) is 13.2 Å². The fourth-order valence-corrected chi connectivity index (χ4v) is 4.48. The van der Waals surface area contributed by atoms with Gasteiger partial charge in [-0.25, -0.2) is 0 Å². The van der Waals surface area contributed by atoms with Crippen LogP contribution < -0.4 is 5.32 Å². The van der Waals surface area contributed by atoms with Crippen molar-refractivity contribution in [2.45, 2.75) is 44.9 Å². The third kappa shape index (κ3) is 5.42. The van der Waals surface area contributed by atoms with Crippen molar-refractivity contribution in [1.29, 1.82) is 0 Å². The van der Waals surface area contributed by atoms with Gasteiger partial charge in [-0.3, -0.25) is 14.6 Å². The molecule has 5 nitrogen and oxygen atoms in total. The molecule has 172 valence electrons. The lowest BCUT2D eigenvalue weighted by Gasteiger charge is -2.21. The van der Waals surface area contributed by atoms with Crippen LogP contribution in [-0.4, -0.2) is 47.0 Å². The fourth-order valence-electron chi connectivity index (χ4n) is 4.48. The van der Waals surface area contributed by atoms with Crippen molar-refractivity contribution in [2.75, 3.05) is 31.5 Å². The second-order valence-corrected chi connectivity index (χ2v) is 8.64. The van der Waals surface area contributed by atoms with Crippen molar-refractivity contribution in [3.05, 3.63) is 58.7 Å². The van der Waals surface area contributed by atoms with Crippen LogP contribution >= 0.6 is 0 Å². The lowest BCUT2D eigenvalue weighted by Crippen LogP contribution is -2.21. The lowest BCUT2D eigenvalue weighted by atomic mass is 10.0. The second kappa shape index (κ2) is 9.50. The van der Waals surface area contributed by atoms with Gasteiger partial charge in [-0.1, -0.05) is 6.07 Å². The van der Waals surface area contributed by atoms with Gasteiger partial charge < -0.3 is 10.4 Å². The maximum Gasteiger partial charge on any atom is 0.416 e. The highest BCUT2D eigenvalue weighted by molar-refractivity contribution is 6.04. The first-order valence-electron chi connectivity index (χ1n) is 11.1. The van der Waals surface area contributed by atoms with E-state index in [9.17, 15) is 23.1 Å². The standard InChI is InChI=1S/C24H28F3N3O2/c25-24(26,27)20-7-5-6-17(12-20)23(32)28-21-13-18(15-29-8-1-2-9-29)22(31)19(14-21)16-30-10-3-4-11-30/h5-7,12-14,31H,1-4,8-11,15-16H2,(H,28,32). The molecule has 4 rings (SSSR count).